The highest BCUT2D eigenvalue weighted by Crippen LogP contribution is 2.19. The molecule has 128 valence electrons. The Balaban J connectivity index is 2.02. The van der Waals surface area contributed by atoms with Gasteiger partial charge in [0.2, 0.25) is 0 Å². The van der Waals surface area contributed by atoms with Crippen LogP contribution in [0.4, 0.5) is 0 Å². The highest BCUT2D eigenvalue weighted by molar-refractivity contribution is 9.10. The van der Waals surface area contributed by atoms with Gasteiger partial charge in [0.05, 0.1) is 0 Å². The number of aliphatic carboxylic acids is 1. The van der Waals surface area contributed by atoms with E-state index < -0.39 is 11.9 Å². The van der Waals surface area contributed by atoms with Crippen LogP contribution in [-0.2, 0) is 11.4 Å². The number of carboxylic acids is 1. The molecule has 7 heteroatoms. The van der Waals surface area contributed by atoms with Crippen LogP contribution in [0.2, 0.25) is 0 Å². The first-order valence-corrected chi connectivity index (χ1v) is 8.16. The topological polar surface area (TPSA) is 80.0 Å². The fourth-order valence-corrected chi connectivity index (χ4v) is 2.30. The van der Waals surface area contributed by atoms with Crippen LogP contribution < -0.4 is 4.74 Å². The van der Waals surface area contributed by atoms with Gasteiger partial charge in [-0.15, -0.1) is 0 Å². The van der Waals surface area contributed by atoms with Crippen molar-refractivity contribution >= 4 is 27.8 Å². The van der Waals surface area contributed by atoms with Gasteiger partial charge in [0, 0.05) is 10.5 Å². The molecule has 1 N–H and O–H groups in total. The monoisotopic (exact) mass is 395 g/mol. The quantitative estimate of drug-likeness (QED) is 0.774. The standard InChI is InChI=1S/C17H18BrNO5/c1-11(2)19(9-16(20)21)17(22)15-8-7-14(24-15)10-23-13-5-3-12(18)4-6-13/h3-8,11H,9-10H2,1-2H3,(H,20,21). The Kier molecular flexibility index (Phi) is 6.03. The first-order valence-electron chi connectivity index (χ1n) is 7.36. The number of carbonyl (C=O) groups excluding carboxylic acids is 1. The van der Waals surface area contributed by atoms with Crippen LogP contribution >= 0.6 is 15.9 Å². The number of carboxylic acid groups (broad SMARTS) is 1. The Labute approximate surface area is 148 Å². The second-order valence-corrected chi connectivity index (χ2v) is 6.34. The number of hydrogen-bond acceptors (Lipinski definition) is 4. The molecule has 0 aliphatic heterocycles. The summed E-state index contributed by atoms with van der Waals surface area (Å²) in [4.78, 5) is 24.5. The van der Waals surface area contributed by atoms with Gasteiger partial charge >= 0.3 is 5.97 Å². The van der Waals surface area contributed by atoms with E-state index in [2.05, 4.69) is 15.9 Å². The minimum Gasteiger partial charge on any atom is -0.486 e. The highest BCUT2D eigenvalue weighted by Gasteiger charge is 2.24. The summed E-state index contributed by atoms with van der Waals surface area (Å²) >= 11 is 3.34. The van der Waals surface area contributed by atoms with E-state index in [0.717, 1.165) is 4.47 Å². The van der Waals surface area contributed by atoms with Crippen LogP contribution in [0, 0.1) is 0 Å². The smallest absolute Gasteiger partial charge is 0.323 e. The average Bonchev–Trinajstić information content (AvgIpc) is 3.00. The minimum atomic E-state index is -1.07. The van der Waals surface area contributed by atoms with E-state index in [4.69, 9.17) is 14.3 Å². The van der Waals surface area contributed by atoms with Crippen LogP contribution in [-0.4, -0.2) is 34.5 Å². The summed E-state index contributed by atoms with van der Waals surface area (Å²) in [5.41, 5.74) is 0. The van der Waals surface area contributed by atoms with E-state index in [0.29, 0.717) is 11.5 Å². The molecule has 0 aliphatic rings. The molecule has 1 aromatic carbocycles. The predicted molar refractivity (Wildman–Crippen MR) is 91.0 cm³/mol. The summed E-state index contributed by atoms with van der Waals surface area (Å²) in [6, 6.07) is 10.3. The van der Waals surface area contributed by atoms with Gasteiger partial charge in [0.15, 0.2) is 5.76 Å². The molecule has 2 rings (SSSR count). The molecule has 0 saturated heterocycles. The molecule has 0 radical (unpaired) electrons. The summed E-state index contributed by atoms with van der Waals surface area (Å²) in [5, 5.41) is 8.92. The van der Waals surface area contributed by atoms with Gasteiger partial charge in [0.25, 0.3) is 5.91 Å². The molecule has 1 amide bonds. The van der Waals surface area contributed by atoms with E-state index in [1.165, 1.54) is 11.0 Å². The maximum Gasteiger partial charge on any atom is 0.323 e. The van der Waals surface area contributed by atoms with Gasteiger partial charge in [0.1, 0.15) is 24.7 Å². The summed E-state index contributed by atoms with van der Waals surface area (Å²) < 4.78 is 12.0. The van der Waals surface area contributed by atoms with Crippen LogP contribution in [0.25, 0.3) is 0 Å². The second kappa shape index (κ2) is 8.01. The Bertz CT molecular complexity index is 708. The lowest BCUT2D eigenvalue weighted by Crippen LogP contribution is -2.40. The van der Waals surface area contributed by atoms with Crippen molar-refractivity contribution in [1.82, 2.24) is 4.90 Å². The van der Waals surface area contributed by atoms with Gasteiger partial charge in [-0.2, -0.15) is 0 Å². The predicted octanol–water partition coefficient (Wildman–Crippen LogP) is 3.56. The molecule has 2 aromatic rings. The maximum absolute atomic E-state index is 12.4. The summed E-state index contributed by atoms with van der Waals surface area (Å²) in [6.07, 6.45) is 0. The van der Waals surface area contributed by atoms with E-state index in [-0.39, 0.29) is 25.0 Å². The third kappa shape index (κ3) is 4.86. The third-order valence-electron chi connectivity index (χ3n) is 3.26. The van der Waals surface area contributed by atoms with Crippen molar-refractivity contribution in [3.8, 4) is 5.75 Å². The molecular formula is C17H18BrNO5. The van der Waals surface area contributed by atoms with Crippen LogP contribution in [0.5, 0.6) is 5.75 Å². The summed E-state index contributed by atoms with van der Waals surface area (Å²) in [6.45, 7) is 3.31. The zero-order valence-corrected chi connectivity index (χ0v) is 14.9. The van der Waals surface area contributed by atoms with Crippen molar-refractivity contribution in [2.24, 2.45) is 0 Å². The Morgan fingerprint density at radius 1 is 1.21 bits per heavy atom. The molecule has 1 heterocycles. The SMILES string of the molecule is CC(C)N(CC(=O)O)C(=O)c1ccc(COc2ccc(Br)cc2)o1. The maximum atomic E-state index is 12.4. The number of rotatable bonds is 7. The fourth-order valence-electron chi connectivity index (χ4n) is 2.03. The zero-order valence-electron chi connectivity index (χ0n) is 13.4. The van der Waals surface area contributed by atoms with Crippen molar-refractivity contribution < 1.29 is 23.8 Å². The molecule has 6 nitrogen and oxygen atoms in total. The van der Waals surface area contributed by atoms with Crippen LogP contribution in [0.15, 0.2) is 45.3 Å². The van der Waals surface area contributed by atoms with Crippen molar-refractivity contribution in [2.45, 2.75) is 26.5 Å². The highest BCUT2D eigenvalue weighted by atomic mass is 79.9. The van der Waals surface area contributed by atoms with Gasteiger partial charge in [-0.1, -0.05) is 15.9 Å². The molecule has 0 atom stereocenters. The van der Waals surface area contributed by atoms with E-state index >= 15 is 0 Å². The fraction of sp³-hybridized carbons (Fsp3) is 0.294. The summed E-state index contributed by atoms with van der Waals surface area (Å²) in [7, 11) is 0. The number of hydrogen-bond donors (Lipinski definition) is 1. The third-order valence-corrected chi connectivity index (χ3v) is 3.79. The Morgan fingerprint density at radius 2 is 1.88 bits per heavy atom. The zero-order chi connectivity index (χ0) is 17.7. The molecule has 0 fully saturated rings. The Hall–Kier alpha value is -2.28. The minimum absolute atomic E-state index is 0.0966. The molecule has 0 bridgehead atoms. The van der Waals surface area contributed by atoms with Gasteiger partial charge in [-0.3, -0.25) is 9.59 Å². The number of carbonyl (C=O) groups is 2. The number of nitrogens with zero attached hydrogens (tertiary/aromatic N) is 1. The van der Waals surface area contributed by atoms with Crippen molar-refractivity contribution in [1.29, 1.82) is 0 Å². The van der Waals surface area contributed by atoms with E-state index in [9.17, 15) is 9.59 Å². The molecule has 0 spiro atoms. The van der Waals surface area contributed by atoms with E-state index in [1.54, 1.807) is 19.9 Å². The van der Waals surface area contributed by atoms with Crippen LogP contribution in [0.1, 0.15) is 30.2 Å². The number of ether oxygens (including phenoxy) is 1. The largest absolute Gasteiger partial charge is 0.486 e. The van der Waals surface area contributed by atoms with Gasteiger partial charge in [-0.05, 0) is 50.2 Å². The number of benzene rings is 1. The number of halogens is 1. The first-order chi connectivity index (χ1) is 11.4. The molecule has 0 aliphatic carbocycles. The number of furan rings is 1. The van der Waals surface area contributed by atoms with Gasteiger partial charge < -0.3 is 19.2 Å². The first kappa shape index (κ1) is 18.1. The van der Waals surface area contributed by atoms with Gasteiger partial charge in [-0.25, -0.2) is 0 Å². The van der Waals surface area contributed by atoms with Crippen molar-refractivity contribution in [3.05, 3.63) is 52.4 Å². The van der Waals surface area contributed by atoms with Crippen molar-refractivity contribution in [3.63, 3.8) is 0 Å². The lowest BCUT2D eigenvalue weighted by Gasteiger charge is -2.23. The van der Waals surface area contributed by atoms with Crippen molar-refractivity contribution in [2.75, 3.05) is 6.54 Å². The molecule has 1 aromatic heterocycles. The average molecular weight is 396 g/mol. The molecule has 0 saturated carbocycles. The molecule has 0 unspecified atom stereocenters. The van der Waals surface area contributed by atoms with Crippen LogP contribution in [0.3, 0.4) is 0 Å². The molecule has 24 heavy (non-hydrogen) atoms. The molecular weight excluding hydrogens is 378 g/mol. The normalized spacial score (nSPS) is 10.7. The summed E-state index contributed by atoms with van der Waals surface area (Å²) in [5.74, 6) is -0.262. The van der Waals surface area contributed by atoms with E-state index in [1.807, 2.05) is 24.3 Å². The lowest BCUT2D eigenvalue weighted by molar-refractivity contribution is -0.138. The lowest BCUT2D eigenvalue weighted by atomic mass is 10.2. The number of amides is 1. The second-order valence-electron chi connectivity index (χ2n) is 5.43. The Morgan fingerprint density at radius 3 is 2.46 bits per heavy atom.